The number of nitrogens with one attached hydrogen (secondary N) is 2. The number of anilines is 1. The molecule has 0 aromatic heterocycles. The zero-order valence-corrected chi connectivity index (χ0v) is 12.8. The summed E-state index contributed by atoms with van der Waals surface area (Å²) >= 11 is 0. The molecule has 1 aromatic carbocycles. The second-order valence-corrected chi connectivity index (χ2v) is 5.80. The first-order chi connectivity index (χ1) is 9.38. The molecule has 0 aliphatic carbocycles. The van der Waals surface area contributed by atoms with Crippen LogP contribution in [0.2, 0.25) is 0 Å². The van der Waals surface area contributed by atoms with Gasteiger partial charge < -0.3 is 15.7 Å². The zero-order valence-electron chi connectivity index (χ0n) is 12.8. The van der Waals surface area contributed by atoms with E-state index in [4.69, 9.17) is 0 Å². The number of carbonyl (C=O) groups excluding carboxylic acids is 1. The molecule has 0 bridgehead atoms. The Hall–Kier alpha value is -1.55. The van der Waals surface area contributed by atoms with Crippen molar-refractivity contribution in [3.8, 4) is 0 Å². The summed E-state index contributed by atoms with van der Waals surface area (Å²) in [6.45, 7) is 8.59. The van der Waals surface area contributed by atoms with Crippen LogP contribution in [-0.4, -0.2) is 23.8 Å². The van der Waals surface area contributed by atoms with Crippen LogP contribution in [0.3, 0.4) is 0 Å². The van der Waals surface area contributed by atoms with Crippen molar-refractivity contribution in [2.24, 2.45) is 5.92 Å². The number of rotatable bonds is 6. The van der Waals surface area contributed by atoms with Crippen molar-refractivity contribution in [3.63, 3.8) is 0 Å². The third-order valence-corrected chi connectivity index (χ3v) is 3.19. The lowest BCUT2D eigenvalue weighted by Crippen LogP contribution is -2.33. The van der Waals surface area contributed by atoms with Gasteiger partial charge in [-0.25, -0.2) is 4.79 Å². The molecule has 0 saturated carbocycles. The minimum atomic E-state index is -0.335. The molecule has 1 aromatic rings. The second-order valence-electron chi connectivity index (χ2n) is 5.80. The number of aliphatic hydroxyl groups is 1. The number of carbonyl (C=O) groups is 1. The monoisotopic (exact) mass is 278 g/mol. The van der Waals surface area contributed by atoms with Crippen molar-refractivity contribution in [2.75, 3.05) is 11.9 Å². The van der Waals surface area contributed by atoms with E-state index in [0.29, 0.717) is 18.9 Å². The van der Waals surface area contributed by atoms with Crippen LogP contribution in [0.5, 0.6) is 0 Å². The maximum atomic E-state index is 11.7. The molecule has 0 aliphatic heterocycles. The molecule has 112 valence electrons. The third kappa shape index (κ3) is 6.06. The summed E-state index contributed by atoms with van der Waals surface area (Å²) in [5.41, 5.74) is 2.04. The van der Waals surface area contributed by atoms with E-state index in [2.05, 4.69) is 24.5 Å². The van der Waals surface area contributed by atoms with E-state index in [0.717, 1.165) is 5.69 Å². The Morgan fingerprint density at radius 3 is 2.25 bits per heavy atom. The van der Waals surface area contributed by atoms with Crippen LogP contribution in [0.25, 0.3) is 0 Å². The SMILES string of the molecule is CC(O)CC(C)CNC(=O)Nc1ccc(C(C)C)cc1. The van der Waals surface area contributed by atoms with Gasteiger partial charge in [-0.1, -0.05) is 32.9 Å². The van der Waals surface area contributed by atoms with Gasteiger partial charge in [0.15, 0.2) is 0 Å². The molecule has 20 heavy (non-hydrogen) atoms. The average Bonchev–Trinajstić information content (AvgIpc) is 2.36. The Bertz CT molecular complexity index is 413. The highest BCUT2D eigenvalue weighted by molar-refractivity contribution is 5.89. The fourth-order valence-corrected chi connectivity index (χ4v) is 2.06. The maximum Gasteiger partial charge on any atom is 0.319 e. The predicted molar refractivity (Wildman–Crippen MR) is 83.0 cm³/mol. The smallest absolute Gasteiger partial charge is 0.319 e. The van der Waals surface area contributed by atoms with Crippen LogP contribution in [0.15, 0.2) is 24.3 Å². The van der Waals surface area contributed by atoms with Crippen molar-refractivity contribution in [1.82, 2.24) is 5.32 Å². The maximum absolute atomic E-state index is 11.7. The minimum absolute atomic E-state index is 0.209. The summed E-state index contributed by atoms with van der Waals surface area (Å²) in [5.74, 6) is 0.739. The van der Waals surface area contributed by atoms with Crippen molar-refractivity contribution in [1.29, 1.82) is 0 Å². The van der Waals surface area contributed by atoms with Crippen molar-refractivity contribution < 1.29 is 9.90 Å². The number of hydrogen-bond donors (Lipinski definition) is 3. The Kier molecular flexibility index (Phi) is 6.52. The van der Waals surface area contributed by atoms with Crippen LogP contribution in [0.1, 0.15) is 45.6 Å². The Morgan fingerprint density at radius 2 is 1.75 bits per heavy atom. The minimum Gasteiger partial charge on any atom is -0.393 e. The number of benzene rings is 1. The summed E-state index contributed by atoms with van der Waals surface area (Å²) in [6, 6.07) is 7.66. The Balaban J connectivity index is 2.38. The molecule has 1 rings (SSSR count). The van der Waals surface area contributed by atoms with Gasteiger partial charge in [-0.3, -0.25) is 0 Å². The van der Waals surface area contributed by atoms with Gasteiger partial charge in [-0.15, -0.1) is 0 Å². The lowest BCUT2D eigenvalue weighted by molar-refractivity contribution is 0.163. The van der Waals surface area contributed by atoms with Gasteiger partial charge in [0.2, 0.25) is 0 Å². The summed E-state index contributed by atoms with van der Waals surface area (Å²) in [6.07, 6.45) is 0.349. The lowest BCUT2D eigenvalue weighted by Gasteiger charge is -2.15. The third-order valence-electron chi connectivity index (χ3n) is 3.19. The second kappa shape index (κ2) is 7.90. The average molecular weight is 278 g/mol. The number of amides is 2. The van der Waals surface area contributed by atoms with Crippen LogP contribution in [-0.2, 0) is 0 Å². The molecular weight excluding hydrogens is 252 g/mol. The van der Waals surface area contributed by atoms with E-state index in [1.807, 2.05) is 31.2 Å². The van der Waals surface area contributed by atoms with Crippen molar-refractivity contribution in [3.05, 3.63) is 29.8 Å². The van der Waals surface area contributed by atoms with E-state index >= 15 is 0 Å². The fraction of sp³-hybridized carbons (Fsp3) is 0.562. The standard InChI is InChI=1S/C16H26N2O2/c1-11(2)14-5-7-15(8-6-14)18-16(20)17-10-12(3)9-13(4)19/h5-8,11-13,19H,9-10H2,1-4H3,(H2,17,18,20). The van der Waals surface area contributed by atoms with Gasteiger partial charge in [-0.2, -0.15) is 0 Å². The molecule has 0 heterocycles. The van der Waals surface area contributed by atoms with E-state index in [9.17, 15) is 9.90 Å². The quantitative estimate of drug-likeness (QED) is 0.747. The zero-order chi connectivity index (χ0) is 15.1. The molecule has 0 radical (unpaired) electrons. The molecule has 2 unspecified atom stereocenters. The highest BCUT2D eigenvalue weighted by Gasteiger charge is 2.08. The molecule has 2 atom stereocenters. The summed E-state index contributed by atoms with van der Waals surface area (Å²) < 4.78 is 0. The molecule has 4 heteroatoms. The molecule has 2 amide bonds. The topological polar surface area (TPSA) is 61.4 Å². The molecule has 0 saturated heterocycles. The van der Waals surface area contributed by atoms with Crippen LogP contribution in [0, 0.1) is 5.92 Å². The van der Waals surface area contributed by atoms with Gasteiger partial charge in [-0.05, 0) is 42.9 Å². The fourth-order valence-electron chi connectivity index (χ4n) is 2.06. The van der Waals surface area contributed by atoms with E-state index in [1.54, 1.807) is 6.92 Å². The summed E-state index contributed by atoms with van der Waals surface area (Å²) in [5, 5.41) is 14.9. The summed E-state index contributed by atoms with van der Waals surface area (Å²) in [4.78, 5) is 11.7. The Morgan fingerprint density at radius 1 is 1.15 bits per heavy atom. The van der Waals surface area contributed by atoms with Gasteiger partial charge in [0.05, 0.1) is 6.10 Å². The number of hydrogen-bond acceptors (Lipinski definition) is 2. The summed E-state index contributed by atoms with van der Waals surface area (Å²) in [7, 11) is 0. The Labute approximate surface area is 121 Å². The van der Waals surface area contributed by atoms with Crippen LogP contribution >= 0.6 is 0 Å². The normalized spacial score (nSPS) is 13.9. The van der Waals surface area contributed by atoms with E-state index in [1.165, 1.54) is 5.56 Å². The first-order valence-corrected chi connectivity index (χ1v) is 7.21. The van der Waals surface area contributed by atoms with Crippen LogP contribution < -0.4 is 10.6 Å². The molecule has 0 fully saturated rings. The molecular formula is C16H26N2O2. The highest BCUT2D eigenvalue weighted by atomic mass is 16.3. The molecule has 4 nitrogen and oxygen atoms in total. The van der Waals surface area contributed by atoms with Gasteiger partial charge in [0.1, 0.15) is 0 Å². The van der Waals surface area contributed by atoms with Crippen molar-refractivity contribution in [2.45, 2.75) is 46.1 Å². The highest BCUT2D eigenvalue weighted by Crippen LogP contribution is 2.17. The molecule has 3 N–H and O–H groups in total. The first kappa shape index (κ1) is 16.5. The van der Waals surface area contributed by atoms with Crippen molar-refractivity contribution >= 4 is 11.7 Å². The van der Waals surface area contributed by atoms with E-state index in [-0.39, 0.29) is 18.1 Å². The first-order valence-electron chi connectivity index (χ1n) is 7.21. The lowest BCUT2D eigenvalue weighted by atomic mass is 10.0. The van der Waals surface area contributed by atoms with Gasteiger partial charge in [0, 0.05) is 12.2 Å². The van der Waals surface area contributed by atoms with Gasteiger partial charge in [0.25, 0.3) is 0 Å². The number of aliphatic hydroxyl groups excluding tert-OH is 1. The van der Waals surface area contributed by atoms with E-state index < -0.39 is 0 Å². The molecule has 0 spiro atoms. The predicted octanol–water partition coefficient (Wildman–Crippen LogP) is 3.34. The largest absolute Gasteiger partial charge is 0.393 e. The number of urea groups is 1. The van der Waals surface area contributed by atoms with Gasteiger partial charge >= 0.3 is 6.03 Å². The molecule has 0 aliphatic rings. The van der Waals surface area contributed by atoms with Crippen LogP contribution in [0.4, 0.5) is 10.5 Å².